The highest BCUT2D eigenvalue weighted by molar-refractivity contribution is 7.90. The summed E-state index contributed by atoms with van der Waals surface area (Å²) < 4.78 is 87.7. The minimum atomic E-state index is -4.47. The number of sulfone groups is 1. The molecule has 0 saturated carbocycles. The predicted molar refractivity (Wildman–Crippen MR) is 160 cm³/mol. The number of hydrogen-bond donors (Lipinski definition) is 3. The number of benzene rings is 2. The summed E-state index contributed by atoms with van der Waals surface area (Å²) in [6.07, 6.45) is -2.65. The molecule has 9 nitrogen and oxygen atoms in total. The van der Waals surface area contributed by atoms with Crippen molar-refractivity contribution < 1.29 is 40.6 Å². The minimum Gasteiger partial charge on any atom is -0.495 e. The van der Waals surface area contributed by atoms with Crippen LogP contribution in [0.4, 0.5) is 28.9 Å². The zero-order valence-electron chi connectivity index (χ0n) is 24.5. The quantitative estimate of drug-likeness (QED) is 0.199. The summed E-state index contributed by atoms with van der Waals surface area (Å²) in [7, 11) is -2.03. The number of anilines is 2. The molecule has 14 heteroatoms. The first-order valence-electron chi connectivity index (χ1n) is 14.0. The summed E-state index contributed by atoms with van der Waals surface area (Å²) in [5.41, 5.74) is 1.79. The van der Waals surface area contributed by atoms with Crippen LogP contribution in [0.5, 0.6) is 5.75 Å². The zero-order chi connectivity index (χ0) is 31.9. The highest BCUT2D eigenvalue weighted by atomic mass is 32.2. The van der Waals surface area contributed by atoms with E-state index in [-0.39, 0.29) is 29.8 Å². The Hall–Kier alpha value is -3.51. The summed E-state index contributed by atoms with van der Waals surface area (Å²) >= 11 is 0. The van der Waals surface area contributed by atoms with Crippen molar-refractivity contribution in [1.82, 2.24) is 9.47 Å². The van der Waals surface area contributed by atoms with Gasteiger partial charge in [0.05, 0.1) is 48.2 Å². The standard InChI is InChI=1S/C30H36F4N4O5S/c1-42-29-16-24(44(2,40)41)8-9-27(29)35-12-4-5-22-15-25-26(6-3-7-28(25)38(22)19-30(32,33)34)36-21-10-13-37(14-11-21)17-23(39)18-43-20-31/h3,6-9,15-16,21,23,35-36,39H,10-14,17-20H2,1-2H3. The van der Waals surface area contributed by atoms with Crippen molar-refractivity contribution in [3.05, 3.63) is 48.2 Å². The van der Waals surface area contributed by atoms with Crippen LogP contribution in [0.25, 0.3) is 10.9 Å². The minimum absolute atomic E-state index is 0.0698. The van der Waals surface area contributed by atoms with Crippen LogP contribution in [0.1, 0.15) is 18.5 Å². The average Bonchev–Trinajstić information content (AvgIpc) is 3.31. The average molecular weight is 641 g/mol. The number of methoxy groups -OCH3 is 1. The molecule has 0 aliphatic carbocycles. The Morgan fingerprint density at radius 3 is 2.55 bits per heavy atom. The third kappa shape index (κ3) is 9.01. The molecule has 4 rings (SSSR count). The first-order valence-corrected chi connectivity index (χ1v) is 15.9. The number of nitrogens with zero attached hydrogens (tertiary/aromatic N) is 2. The number of aliphatic hydroxyl groups is 1. The molecule has 44 heavy (non-hydrogen) atoms. The SMILES string of the molecule is COc1cc(S(C)(=O)=O)ccc1NCC#Cc1cc2c(NC3CCN(CC(O)COCF)CC3)cccc2n1CC(F)(F)F. The van der Waals surface area contributed by atoms with E-state index in [1.165, 1.54) is 19.2 Å². The number of likely N-dealkylation sites (tertiary alicyclic amines) is 1. The molecule has 1 fully saturated rings. The molecule has 2 aromatic carbocycles. The maximum absolute atomic E-state index is 13.6. The maximum atomic E-state index is 13.6. The number of nitrogens with one attached hydrogen (secondary N) is 2. The van der Waals surface area contributed by atoms with Crippen LogP contribution in [-0.2, 0) is 21.1 Å². The van der Waals surface area contributed by atoms with E-state index in [9.17, 15) is 31.1 Å². The summed E-state index contributed by atoms with van der Waals surface area (Å²) in [6, 6.07) is 11.3. The van der Waals surface area contributed by atoms with Gasteiger partial charge in [0.25, 0.3) is 0 Å². The highest BCUT2D eigenvalue weighted by Crippen LogP contribution is 2.32. The third-order valence-corrected chi connectivity index (χ3v) is 8.38. The van der Waals surface area contributed by atoms with Crippen LogP contribution in [0.15, 0.2) is 47.4 Å². The van der Waals surface area contributed by atoms with Crippen molar-refractivity contribution >= 4 is 32.1 Å². The maximum Gasteiger partial charge on any atom is 0.406 e. The van der Waals surface area contributed by atoms with Crippen molar-refractivity contribution in [2.24, 2.45) is 0 Å². The van der Waals surface area contributed by atoms with Gasteiger partial charge in [-0.3, -0.25) is 0 Å². The molecule has 1 aromatic heterocycles. The van der Waals surface area contributed by atoms with Crippen LogP contribution < -0.4 is 15.4 Å². The Bertz CT molecular complexity index is 1590. The lowest BCUT2D eigenvalue weighted by Gasteiger charge is -2.34. The molecule has 1 saturated heterocycles. The largest absolute Gasteiger partial charge is 0.495 e. The molecule has 0 spiro atoms. The Labute approximate surface area is 254 Å². The van der Waals surface area contributed by atoms with E-state index < -0.39 is 35.5 Å². The first kappa shape index (κ1) is 33.4. The first-order chi connectivity index (χ1) is 20.9. The van der Waals surface area contributed by atoms with Gasteiger partial charge in [-0.15, -0.1) is 0 Å². The van der Waals surface area contributed by atoms with Crippen LogP contribution >= 0.6 is 0 Å². The summed E-state index contributed by atoms with van der Waals surface area (Å²) in [6.45, 7) is -0.382. The fraction of sp³-hybridized carbons (Fsp3) is 0.467. The molecule has 3 aromatic rings. The van der Waals surface area contributed by atoms with Gasteiger partial charge in [0, 0.05) is 49.1 Å². The number of halogens is 4. The molecular weight excluding hydrogens is 604 g/mol. The lowest BCUT2D eigenvalue weighted by Crippen LogP contribution is -2.43. The molecule has 1 aliphatic heterocycles. The van der Waals surface area contributed by atoms with Gasteiger partial charge in [-0.1, -0.05) is 12.0 Å². The van der Waals surface area contributed by atoms with E-state index in [2.05, 4.69) is 32.1 Å². The molecule has 2 heterocycles. The second kappa shape index (κ2) is 14.5. The Morgan fingerprint density at radius 2 is 1.89 bits per heavy atom. The number of hydrogen-bond acceptors (Lipinski definition) is 8. The number of rotatable bonds is 12. The van der Waals surface area contributed by atoms with Crippen molar-refractivity contribution in [2.45, 2.75) is 42.6 Å². The monoisotopic (exact) mass is 640 g/mol. The number of fused-ring (bicyclic) bond motifs is 1. The van der Waals surface area contributed by atoms with Crippen molar-refractivity contribution in [3.8, 4) is 17.6 Å². The van der Waals surface area contributed by atoms with Crippen LogP contribution in [0.2, 0.25) is 0 Å². The fourth-order valence-corrected chi connectivity index (χ4v) is 5.83. The summed E-state index contributed by atoms with van der Waals surface area (Å²) in [5, 5.41) is 17.1. The van der Waals surface area contributed by atoms with Gasteiger partial charge in [0.15, 0.2) is 16.7 Å². The number of aromatic nitrogens is 1. The summed E-state index contributed by atoms with van der Waals surface area (Å²) in [5.74, 6) is 6.02. The molecule has 240 valence electrons. The van der Waals surface area contributed by atoms with E-state index >= 15 is 0 Å². The zero-order valence-corrected chi connectivity index (χ0v) is 25.3. The fourth-order valence-electron chi connectivity index (χ4n) is 5.20. The van der Waals surface area contributed by atoms with Crippen molar-refractivity contribution in [3.63, 3.8) is 0 Å². The molecular formula is C30H36F4N4O5S. The van der Waals surface area contributed by atoms with Gasteiger partial charge in [0.1, 0.15) is 12.3 Å². The van der Waals surface area contributed by atoms with Crippen molar-refractivity contribution in [1.29, 1.82) is 0 Å². The number of aliphatic hydroxyl groups excluding tert-OH is 1. The topological polar surface area (TPSA) is 105 Å². The Morgan fingerprint density at radius 1 is 1.14 bits per heavy atom. The number of ether oxygens (including phenoxy) is 2. The predicted octanol–water partition coefficient (Wildman–Crippen LogP) is 4.26. The van der Waals surface area contributed by atoms with Gasteiger partial charge in [-0.25, -0.2) is 12.8 Å². The van der Waals surface area contributed by atoms with Crippen LogP contribution in [0, 0.1) is 11.8 Å². The normalized spacial score (nSPS) is 15.5. The molecule has 1 unspecified atom stereocenters. The Kier molecular flexibility index (Phi) is 11.0. The lowest BCUT2D eigenvalue weighted by molar-refractivity contribution is -0.140. The van der Waals surface area contributed by atoms with Gasteiger partial charge in [-0.05, 0) is 49.1 Å². The van der Waals surface area contributed by atoms with E-state index in [4.69, 9.17) is 4.74 Å². The van der Waals surface area contributed by atoms with Crippen LogP contribution in [-0.4, -0.2) is 94.3 Å². The van der Waals surface area contributed by atoms with Crippen LogP contribution in [0.3, 0.4) is 0 Å². The molecule has 0 radical (unpaired) electrons. The second-order valence-electron chi connectivity index (χ2n) is 10.6. The van der Waals surface area contributed by atoms with E-state index in [1.807, 2.05) is 6.07 Å². The second-order valence-corrected chi connectivity index (χ2v) is 12.6. The summed E-state index contributed by atoms with van der Waals surface area (Å²) in [4.78, 5) is 2.17. The van der Waals surface area contributed by atoms with Gasteiger partial charge < -0.3 is 34.7 Å². The van der Waals surface area contributed by atoms with Gasteiger partial charge in [0.2, 0.25) is 0 Å². The van der Waals surface area contributed by atoms with Crippen molar-refractivity contribution in [2.75, 3.05) is 63.6 Å². The molecule has 1 atom stereocenters. The highest BCUT2D eigenvalue weighted by Gasteiger charge is 2.30. The van der Waals surface area contributed by atoms with E-state index in [1.54, 1.807) is 24.3 Å². The van der Waals surface area contributed by atoms with E-state index in [0.717, 1.165) is 23.7 Å². The molecule has 0 bridgehead atoms. The van der Waals surface area contributed by atoms with E-state index in [0.29, 0.717) is 47.7 Å². The Balaban J connectivity index is 1.49. The lowest BCUT2D eigenvalue weighted by atomic mass is 10.0. The van der Waals surface area contributed by atoms with Gasteiger partial charge in [-0.2, -0.15) is 13.2 Å². The number of β-amino-alcohol motifs (C(OH)–C–C–N with tert-alkyl or cyclic N) is 1. The third-order valence-electron chi connectivity index (χ3n) is 7.27. The number of piperidine rings is 1. The molecule has 0 amide bonds. The molecule has 1 aliphatic rings. The smallest absolute Gasteiger partial charge is 0.406 e. The number of alkyl halides is 4. The van der Waals surface area contributed by atoms with Gasteiger partial charge >= 0.3 is 6.18 Å². The molecule has 3 N–H and O–H groups in total.